The zero-order chi connectivity index (χ0) is 11.4. The van der Waals surface area contributed by atoms with E-state index in [1.54, 1.807) is 0 Å². The third kappa shape index (κ3) is 1.46. The minimum absolute atomic E-state index is 0. The van der Waals surface area contributed by atoms with Crippen LogP contribution in [0.5, 0.6) is 0 Å². The Hall–Kier alpha value is -1.25. The van der Waals surface area contributed by atoms with Crippen molar-refractivity contribution in [2.45, 2.75) is 19.3 Å². The summed E-state index contributed by atoms with van der Waals surface area (Å²) in [6, 6.07) is 6.13. The van der Waals surface area contributed by atoms with Crippen molar-refractivity contribution in [1.82, 2.24) is 9.38 Å². The second kappa shape index (κ2) is 4.15. The SMILES string of the molecule is Cl.Clc1ccc2c(c1)c1c3c(nccn32)CCC1. The maximum Gasteiger partial charge on any atom is 0.0710 e. The highest BCUT2D eigenvalue weighted by atomic mass is 35.5. The van der Waals surface area contributed by atoms with Crippen LogP contribution in [0.15, 0.2) is 30.6 Å². The van der Waals surface area contributed by atoms with Crippen LogP contribution in [0, 0.1) is 0 Å². The second-order valence-corrected chi connectivity index (χ2v) is 5.02. The van der Waals surface area contributed by atoms with Crippen LogP contribution in [-0.2, 0) is 12.8 Å². The van der Waals surface area contributed by atoms with Gasteiger partial charge in [0.1, 0.15) is 0 Å². The first-order valence-electron chi connectivity index (χ1n) is 5.90. The molecule has 4 rings (SSSR count). The summed E-state index contributed by atoms with van der Waals surface area (Å²) in [4.78, 5) is 4.50. The third-order valence-corrected chi connectivity index (χ3v) is 3.86. The molecule has 2 nitrogen and oxygen atoms in total. The summed E-state index contributed by atoms with van der Waals surface area (Å²) in [6.07, 6.45) is 7.34. The minimum atomic E-state index is 0. The Morgan fingerprint density at radius 3 is 3.00 bits per heavy atom. The normalized spacial score (nSPS) is 13.8. The number of hydrogen-bond acceptors (Lipinski definition) is 1. The summed E-state index contributed by atoms with van der Waals surface area (Å²) in [5, 5.41) is 2.09. The fourth-order valence-electron chi connectivity index (χ4n) is 2.94. The van der Waals surface area contributed by atoms with Crippen molar-refractivity contribution in [2.75, 3.05) is 0 Å². The van der Waals surface area contributed by atoms with Crippen LogP contribution in [0.2, 0.25) is 5.02 Å². The fraction of sp³-hybridized carbons (Fsp3) is 0.214. The molecule has 0 fully saturated rings. The molecule has 1 aromatic carbocycles. The quantitative estimate of drug-likeness (QED) is 0.606. The van der Waals surface area contributed by atoms with E-state index >= 15 is 0 Å². The molecule has 4 heteroatoms. The molecule has 0 saturated heterocycles. The molecule has 92 valence electrons. The molecule has 2 heterocycles. The van der Waals surface area contributed by atoms with E-state index in [1.165, 1.54) is 34.1 Å². The number of aryl methyl sites for hydroxylation is 2. The summed E-state index contributed by atoms with van der Waals surface area (Å²) in [5.41, 5.74) is 5.18. The van der Waals surface area contributed by atoms with Gasteiger partial charge in [0, 0.05) is 22.8 Å². The topological polar surface area (TPSA) is 17.3 Å². The molecule has 0 saturated carbocycles. The predicted molar refractivity (Wildman–Crippen MR) is 77.0 cm³/mol. The van der Waals surface area contributed by atoms with Gasteiger partial charge in [0.15, 0.2) is 0 Å². The first-order valence-corrected chi connectivity index (χ1v) is 6.28. The Bertz CT molecular complexity index is 746. The zero-order valence-corrected chi connectivity index (χ0v) is 11.3. The number of aromatic nitrogens is 2. The Balaban J connectivity index is 0.000001000. The van der Waals surface area contributed by atoms with Gasteiger partial charge in [-0.25, -0.2) is 0 Å². The van der Waals surface area contributed by atoms with Gasteiger partial charge in [-0.15, -0.1) is 12.4 Å². The lowest BCUT2D eigenvalue weighted by atomic mass is 9.98. The van der Waals surface area contributed by atoms with Crippen molar-refractivity contribution in [1.29, 1.82) is 0 Å². The third-order valence-electron chi connectivity index (χ3n) is 3.63. The smallest absolute Gasteiger partial charge is 0.0710 e. The van der Waals surface area contributed by atoms with Crippen molar-refractivity contribution in [3.05, 3.63) is 46.9 Å². The highest BCUT2D eigenvalue weighted by molar-refractivity contribution is 6.31. The van der Waals surface area contributed by atoms with Crippen LogP contribution >= 0.6 is 24.0 Å². The van der Waals surface area contributed by atoms with Gasteiger partial charge in [0.25, 0.3) is 0 Å². The number of nitrogens with zero attached hydrogens (tertiary/aromatic N) is 2. The fourth-order valence-corrected chi connectivity index (χ4v) is 3.11. The van der Waals surface area contributed by atoms with Crippen LogP contribution in [0.1, 0.15) is 17.7 Å². The summed E-state index contributed by atoms with van der Waals surface area (Å²) < 4.78 is 2.25. The van der Waals surface area contributed by atoms with Crippen molar-refractivity contribution >= 4 is 40.4 Å². The molecule has 18 heavy (non-hydrogen) atoms. The van der Waals surface area contributed by atoms with E-state index in [4.69, 9.17) is 11.6 Å². The van der Waals surface area contributed by atoms with E-state index < -0.39 is 0 Å². The van der Waals surface area contributed by atoms with Gasteiger partial charge >= 0.3 is 0 Å². The van der Waals surface area contributed by atoms with Gasteiger partial charge in [-0.05, 0) is 43.0 Å². The Morgan fingerprint density at radius 2 is 2.11 bits per heavy atom. The Kier molecular flexibility index (Phi) is 2.72. The summed E-state index contributed by atoms with van der Waals surface area (Å²) in [6.45, 7) is 0. The molecule has 0 atom stereocenters. The van der Waals surface area contributed by atoms with Crippen molar-refractivity contribution in [2.24, 2.45) is 0 Å². The Labute approximate surface area is 116 Å². The predicted octanol–water partition coefficient (Wildman–Crippen LogP) is 4.05. The second-order valence-electron chi connectivity index (χ2n) is 4.59. The van der Waals surface area contributed by atoms with Crippen LogP contribution in [0.4, 0.5) is 0 Å². The average Bonchev–Trinajstić information content (AvgIpc) is 2.67. The van der Waals surface area contributed by atoms with E-state index in [9.17, 15) is 0 Å². The van der Waals surface area contributed by atoms with Crippen molar-refractivity contribution < 1.29 is 0 Å². The Morgan fingerprint density at radius 1 is 1.22 bits per heavy atom. The van der Waals surface area contributed by atoms with Crippen LogP contribution in [0.3, 0.4) is 0 Å². The molecule has 0 spiro atoms. The lowest BCUT2D eigenvalue weighted by Gasteiger charge is -2.11. The molecule has 0 N–H and O–H groups in total. The summed E-state index contributed by atoms with van der Waals surface area (Å²) in [7, 11) is 0. The first kappa shape index (κ1) is 11.8. The first-order chi connectivity index (χ1) is 8.34. The standard InChI is InChI=1S/C14H11ClN2.ClH/c15-9-4-5-13-11(8-9)10-2-1-3-12-14(10)17(13)7-6-16-12;/h4-8H,1-3H2;1H. The largest absolute Gasteiger partial charge is 0.313 e. The van der Waals surface area contributed by atoms with Gasteiger partial charge < -0.3 is 4.40 Å². The van der Waals surface area contributed by atoms with Gasteiger partial charge in [0.05, 0.1) is 16.7 Å². The molecule has 1 aliphatic rings. The molecule has 2 aromatic heterocycles. The molecule has 0 aliphatic heterocycles. The minimum Gasteiger partial charge on any atom is -0.313 e. The monoisotopic (exact) mass is 278 g/mol. The molecular weight excluding hydrogens is 267 g/mol. The van der Waals surface area contributed by atoms with Crippen molar-refractivity contribution in [3.63, 3.8) is 0 Å². The average molecular weight is 279 g/mol. The van der Waals surface area contributed by atoms with Crippen LogP contribution in [0.25, 0.3) is 16.4 Å². The lowest BCUT2D eigenvalue weighted by molar-refractivity contribution is 0.780. The van der Waals surface area contributed by atoms with Crippen LogP contribution in [-0.4, -0.2) is 9.38 Å². The number of rotatable bonds is 0. The summed E-state index contributed by atoms with van der Waals surface area (Å²) >= 11 is 6.11. The van der Waals surface area contributed by atoms with Gasteiger partial charge in [-0.2, -0.15) is 0 Å². The number of fused-ring (bicyclic) bond motifs is 3. The number of benzene rings is 1. The molecular formula is C14H12Cl2N2. The van der Waals surface area contributed by atoms with Gasteiger partial charge in [-0.3, -0.25) is 4.98 Å². The molecule has 1 aliphatic carbocycles. The van der Waals surface area contributed by atoms with Gasteiger partial charge in [0.2, 0.25) is 0 Å². The summed E-state index contributed by atoms with van der Waals surface area (Å²) in [5.74, 6) is 0. The molecule has 0 unspecified atom stereocenters. The van der Waals surface area contributed by atoms with E-state index in [1.807, 2.05) is 18.5 Å². The van der Waals surface area contributed by atoms with E-state index in [-0.39, 0.29) is 12.4 Å². The number of halogens is 2. The van der Waals surface area contributed by atoms with E-state index in [0.29, 0.717) is 0 Å². The van der Waals surface area contributed by atoms with E-state index in [2.05, 4.69) is 21.5 Å². The van der Waals surface area contributed by atoms with Gasteiger partial charge in [-0.1, -0.05) is 11.6 Å². The molecule has 0 amide bonds. The van der Waals surface area contributed by atoms with Crippen molar-refractivity contribution in [3.8, 4) is 0 Å². The number of hydrogen-bond donors (Lipinski definition) is 0. The zero-order valence-electron chi connectivity index (χ0n) is 9.69. The molecule has 3 aromatic rings. The maximum absolute atomic E-state index is 6.11. The highest BCUT2D eigenvalue weighted by Crippen LogP contribution is 2.34. The highest BCUT2D eigenvalue weighted by Gasteiger charge is 2.19. The molecule has 0 bridgehead atoms. The maximum atomic E-state index is 6.11. The van der Waals surface area contributed by atoms with E-state index in [0.717, 1.165) is 17.9 Å². The lowest BCUT2D eigenvalue weighted by Crippen LogP contribution is -2.03. The van der Waals surface area contributed by atoms with Crippen LogP contribution < -0.4 is 0 Å². The molecule has 0 radical (unpaired) electrons.